The second kappa shape index (κ2) is 7.53. The summed E-state index contributed by atoms with van der Waals surface area (Å²) in [5.41, 5.74) is 7.45. The smallest absolute Gasteiger partial charge is 0.123 e. The SMILES string of the molecule is COc1ccc(C#CCN)cc1CN(C)Cc1ccco1. The van der Waals surface area contributed by atoms with Crippen molar-refractivity contribution in [2.45, 2.75) is 13.1 Å². The number of furan rings is 1. The third-order valence-corrected chi connectivity index (χ3v) is 3.06. The molecule has 0 unspecified atom stereocenters. The van der Waals surface area contributed by atoms with Crippen LogP contribution in [0.25, 0.3) is 0 Å². The van der Waals surface area contributed by atoms with E-state index < -0.39 is 0 Å². The first-order valence-corrected chi connectivity index (χ1v) is 6.79. The average Bonchev–Trinajstić information content (AvgIpc) is 2.98. The van der Waals surface area contributed by atoms with Crippen molar-refractivity contribution in [3.05, 3.63) is 53.5 Å². The molecule has 0 radical (unpaired) electrons. The van der Waals surface area contributed by atoms with Gasteiger partial charge in [-0.1, -0.05) is 11.8 Å². The first-order chi connectivity index (χ1) is 10.2. The summed E-state index contributed by atoms with van der Waals surface area (Å²) in [5.74, 6) is 7.72. The van der Waals surface area contributed by atoms with Crippen molar-refractivity contribution in [1.82, 2.24) is 4.90 Å². The predicted molar refractivity (Wildman–Crippen MR) is 82.8 cm³/mol. The normalized spacial score (nSPS) is 10.3. The maximum Gasteiger partial charge on any atom is 0.123 e. The third-order valence-electron chi connectivity index (χ3n) is 3.06. The minimum atomic E-state index is 0.361. The molecule has 0 amide bonds. The van der Waals surface area contributed by atoms with Gasteiger partial charge in [-0.15, -0.1) is 0 Å². The molecule has 0 atom stereocenters. The highest BCUT2D eigenvalue weighted by Gasteiger charge is 2.09. The second-order valence-electron chi connectivity index (χ2n) is 4.78. The molecular formula is C17H20N2O2. The van der Waals surface area contributed by atoms with E-state index in [-0.39, 0.29) is 0 Å². The molecule has 1 heterocycles. The molecule has 0 saturated carbocycles. The highest BCUT2D eigenvalue weighted by Crippen LogP contribution is 2.21. The summed E-state index contributed by atoms with van der Waals surface area (Å²) in [5, 5.41) is 0. The van der Waals surface area contributed by atoms with E-state index in [1.54, 1.807) is 13.4 Å². The third kappa shape index (κ3) is 4.38. The Labute approximate surface area is 125 Å². The molecule has 0 bridgehead atoms. The molecule has 2 rings (SSSR count). The molecule has 0 aliphatic heterocycles. The van der Waals surface area contributed by atoms with Gasteiger partial charge < -0.3 is 14.9 Å². The Morgan fingerprint density at radius 2 is 2.14 bits per heavy atom. The molecule has 21 heavy (non-hydrogen) atoms. The van der Waals surface area contributed by atoms with Gasteiger partial charge in [0.25, 0.3) is 0 Å². The summed E-state index contributed by atoms with van der Waals surface area (Å²) < 4.78 is 10.8. The van der Waals surface area contributed by atoms with Crippen molar-refractivity contribution in [3.63, 3.8) is 0 Å². The Hall–Kier alpha value is -2.22. The van der Waals surface area contributed by atoms with Crippen LogP contribution in [0.2, 0.25) is 0 Å². The van der Waals surface area contributed by atoms with Gasteiger partial charge in [0.05, 0.1) is 26.5 Å². The predicted octanol–water partition coefficient (Wildman–Crippen LogP) is 2.23. The van der Waals surface area contributed by atoms with Gasteiger partial charge in [0.1, 0.15) is 11.5 Å². The zero-order chi connectivity index (χ0) is 15.1. The maximum atomic E-state index is 5.42. The lowest BCUT2D eigenvalue weighted by molar-refractivity contribution is 0.282. The molecule has 4 nitrogen and oxygen atoms in total. The van der Waals surface area contributed by atoms with Gasteiger partial charge in [-0.25, -0.2) is 0 Å². The minimum absolute atomic E-state index is 0.361. The molecule has 0 saturated heterocycles. The lowest BCUT2D eigenvalue weighted by Gasteiger charge is -2.17. The van der Waals surface area contributed by atoms with Crippen molar-refractivity contribution in [1.29, 1.82) is 0 Å². The van der Waals surface area contributed by atoms with Crippen molar-refractivity contribution in [3.8, 4) is 17.6 Å². The van der Waals surface area contributed by atoms with Crippen LogP contribution in [0.4, 0.5) is 0 Å². The van der Waals surface area contributed by atoms with E-state index in [1.807, 2.05) is 37.4 Å². The number of hydrogen-bond acceptors (Lipinski definition) is 4. The maximum absolute atomic E-state index is 5.42. The van der Waals surface area contributed by atoms with Gasteiger partial charge in [-0.05, 0) is 37.4 Å². The van der Waals surface area contributed by atoms with Crippen LogP contribution < -0.4 is 10.5 Å². The van der Waals surface area contributed by atoms with Crippen molar-refractivity contribution in [2.75, 3.05) is 20.7 Å². The Morgan fingerprint density at radius 1 is 1.29 bits per heavy atom. The summed E-state index contributed by atoms with van der Waals surface area (Å²) in [4.78, 5) is 2.16. The Balaban J connectivity index is 2.12. The van der Waals surface area contributed by atoms with E-state index >= 15 is 0 Å². The van der Waals surface area contributed by atoms with Crippen LogP contribution >= 0.6 is 0 Å². The fourth-order valence-electron chi connectivity index (χ4n) is 2.15. The highest BCUT2D eigenvalue weighted by molar-refractivity contribution is 5.44. The fraction of sp³-hybridized carbons (Fsp3) is 0.294. The number of hydrogen-bond donors (Lipinski definition) is 1. The molecule has 4 heteroatoms. The molecule has 1 aromatic heterocycles. The molecule has 0 aliphatic carbocycles. The minimum Gasteiger partial charge on any atom is -0.496 e. The van der Waals surface area contributed by atoms with Crippen LogP contribution in [0, 0.1) is 11.8 Å². The number of nitrogens with two attached hydrogens (primary N) is 1. The van der Waals surface area contributed by atoms with Gasteiger partial charge in [0.15, 0.2) is 0 Å². The lowest BCUT2D eigenvalue weighted by Crippen LogP contribution is -2.17. The molecule has 2 aromatic rings. The van der Waals surface area contributed by atoms with Crippen LogP contribution in [-0.4, -0.2) is 25.6 Å². The fourth-order valence-corrected chi connectivity index (χ4v) is 2.15. The van der Waals surface area contributed by atoms with E-state index in [4.69, 9.17) is 14.9 Å². The van der Waals surface area contributed by atoms with E-state index in [2.05, 4.69) is 16.7 Å². The van der Waals surface area contributed by atoms with Crippen molar-refractivity contribution < 1.29 is 9.15 Å². The summed E-state index contributed by atoms with van der Waals surface area (Å²) in [6.45, 7) is 1.86. The van der Waals surface area contributed by atoms with Crippen LogP contribution in [0.1, 0.15) is 16.9 Å². The van der Waals surface area contributed by atoms with Gasteiger partial charge in [-0.3, -0.25) is 4.90 Å². The number of rotatable bonds is 5. The van der Waals surface area contributed by atoms with E-state index in [9.17, 15) is 0 Å². The van der Waals surface area contributed by atoms with Crippen LogP contribution in [-0.2, 0) is 13.1 Å². The Morgan fingerprint density at radius 3 is 2.81 bits per heavy atom. The highest BCUT2D eigenvalue weighted by atomic mass is 16.5. The topological polar surface area (TPSA) is 51.6 Å². The largest absolute Gasteiger partial charge is 0.496 e. The monoisotopic (exact) mass is 284 g/mol. The number of nitrogens with zero attached hydrogens (tertiary/aromatic N) is 1. The van der Waals surface area contributed by atoms with Gasteiger partial charge >= 0.3 is 0 Å². The van der Waals surface area contributed by atoms with Crippen molar-refractivity contribution in [2.24, 2.45) is 5.73 Å². The van der Waals surface area contributed by atoms with Gasteiger partial charge in [0, 0.05) is 17.7 Å². The number of methoxy groups -OCH3 is 1. The van der Waals surface area contributed by atoms with Crippen LogP contribution in [0.5, 0.6) is 5.75 Å². The van der Waals surface area contributed by atoms with E-state index in [1.165, 1.54) is 0 Å². The zero-order valence-corrected chi connectivity index (χ0v) is 12.4. The molecule has 110 valence electrons. The van der Waals surface area contributed by atoms with E-state index in [0.29, 0.717) is 6.54 Å². The summed E-state index contributed by atoms with van der Waals surface area (Å²) in [6.07, 6.45) is 1.69. The van der Waals surface area contributed by atoms with Gasteiger partial charge in [-0.2, -0.15) is 0 Å². The van der Waals surface area contributed by atoms with Crippen LogP contribution in [0.3, 0.4) is 0 Å². The summed E-state index contributed by atoms with van der Waals surface area (Å²) >= 11 is 0. The second-order valence-corrected chi connectivity index (χ2v) is 4.78. The Kier molecular flexibility index (Phi) is 5.44. The number of ether oxygens (including phenoxy) is 1. The molecule has 1 aromatic carbocycles. The lowest BCUT2D eigenvalue weighted by atomic mass is 10.1. The molecular weight excluding hydrogens is 264 g/mol. The molecule has 2 N–H and O–H groups in total. The molecule has 0 fully saturated rings. The summed E-state index contributed by atoms with van der Waals surface area (Å²) in [7, 11) is 3.72. The average molecular weight is 284 g/mol. The molecule has 0 spiro atoms. The van der Waals surface area contributed by atoms with Crippen molar-refractivity contribution >= 4 is 0 Å². The first kappa shape index (κ1) is 15.2. The van der Waals surface area contributed by atoms with Gasteiger partial charge in [0.2, 0.25) is 0 Å². The van der Waals surface area contributed by atoms with Crippen LogP contribution in [0.15, 0.2) is 41.0 Å². The Bertz CT molecular complexity index is 624. The standard InChI is InChI=1S/C17H20N2O2/c1-19(13-16-6-4-10-21-16)12-15-11-14(5-3-9-18)7-8-17(15)20-2/h4,6-8,10-11H,9,12-13,18H2,1-2H3. The first-order valence-electron chi connectivity index (χ1n) is 6.79. The van der Waals surface area contributed by atoms with E-state index in [0.717, 1.165) is 35.7 Å². The zero-order valence-electron chi connectivity index (χ0n) is 12.4. The quantitative estimate of drug-likeness (QED) is 0.855. The summed E-state index contributed by atoms with van der Waals surface area (Å²) in [6, 6.07) is 9.79. The molecule has 0 aliphatic rings. The number of benzene rings is 1.